The molecule has 0 atom stereocenters. The highest BCUT2D eigenvalue weighted by Gasteiger charge is 2.14. The molecule has 6 nitrogen and oxygen atoms in total. The maximum atomic E-state index is 11.5. The second-order valence-electron chi connectivity index (χ2n) is 3.53. The Morgan fingerprint density at radius 2 is 2.06 bits per heavy atom. The first kappa shape index (κ1) is 14.7. The van der Waals surface area contributed by atoms with Gasteiger partial charge in [0.15, 0.2) is 0 Å². The number of nitrogens with one attached hydrogen (secondary N) is 1. The van der Waals surface area contributed by atoms with Crippen LogP contribution in [0.2, 0.25) is 0 Å². The lowest BCUT2D eigenvalue weighted by Crippen LogP contribution is -2.30. The van der Waals surface area contributed by atoms with E-state index in [2.05, 4.69) is 5.32 Å². The Morgan fingerprint density at radius 3 is 2.50 bits per heavy atom. The molecule has 0 aliphatic rings. The molecule has 0 spiro atoms. The number of amides is 2. The van der Waals surface area contributed by atoms with Crippen molar-refractivity contribution in [1.82, 2.24) is 5.06 Å². The summed E-state index contributed by atoms with van der Waals surface area (Å²) in [6.07, 6.45) is 0. The van der Waals surface area contributed by atoms with Crippen LogP contribution in [0.5, 0.6) is 0 Å². The molecule has 0 aliphatic carbocycles. The first-order valence-corrected chi connectivity index (χ1v) is 7.20. The molecular weight excluding hydrogens is 280 g/mol. The normalized spacial score (nSPS) is 11.1. The molecule has 1 N–H and O–H groups in total. The van der Waals surface area contributed by atoms with Gasteiger partial charge in [-0.15, -0.1) is 0 Å². The van der Waals surface area contributed by atoms with Gasteiger partial charge in [-0.2, -0.15) is 0 Å². The highest BCUT2D eigenvalue weighted by atomic mass is 35.7. The number of aryl methyl sites for hydroxylation is 1. The second-order valence-corrected chi connectivity index (χ2v) is 6.06. The zero-order chi connectivity index (χ0) is 13.9. The number of benzene rings is 1. The maximum Gasteiger partial charge on any atom is 0.345 e. The molecule has 1 aromatic carbocycles. The highest BCUT2D eigenvalue weighted by molar-refractivity contribution is 8.13. The van der Waals surface area contributed by atoms with Gasteiger partial charge in [0.05, 0.1) is 12.0 Å². The lowest BCUT2D eigenvalue weighted by molar-refractivity contribution is -0.0598. The van der Waals surface area contributed by atoms with E-state index in [9.17, 15) is 13.2 Å². The van der Waals surface area contributed by atoms with Crippen molar-refractivity contribution in [3.8, 4) is 0 Å². The Morgan fingerprint density at radius 1 is 1.44 bits per heavy atom. The van der Waals surface area contributed by atoms with E-state index in [1.807, 2.05) is 0 Å². The minimum atomic E-state index is -3.78. The van der Waals surface area contributed by atoms with Crippen molar-refractivity contribution in [1.29, 1.82) is 0 Å². The molecule has 18 heavy (non-hydrogen) atoms. The van der Waals surface area contributed by atoms with Crippen LogP contribution in [0.3, 0.4) is 0 Å². The summed E-state index contributed by atoms with van der Waals surface area (Å²) in [6.45, 7) is 1.59. The average molecular weight is 293 g/mol. The van der Waals surface area contributed by atoms with E-state index in [4.69, 9.17) is 15.5 Å². The molecule has 2 amide bonds. The van der Waals surface area contributed by atoms with Crippen molar-refractivity contribution >= 4 is 31.5 Å². The monoisotopic (exact) mass is 292 g/mol. The van der Waals surface area contributed by atoms with E-state index in [1.165, 1.54) is 32.4 Å². The van der Waals surface area contributed by atoms with E-state index < -0.39 is 15.1 Å². The smallest absolute Gasteiger partial charge is 0.306 e. The molecule has 0 saturated carbocycles. The quantitative estimate of drug-likeness (QED) is 0.682. The molecule has 8 heteroatoms. The van der Waals surface area contributed by atoms with Gasteiger partial charge in [0.1, 0.15) is 0 Å². The molecule has 0 aliphatic heterocycles. The summed E-state index contributed by atoms with van der Waals surface area (Å²) in [5, 5.41) is 3.54. The molecule has 100 valence electrons. The predicted molar refractivity (Wildman–Crippen MR) is 68.0 cm³/mol. The molecule has 0 aromatic heterocycles. The van der Waals surface area contributed by atoms with Crippen LogP contribution in [-0.4, -0.2) is 33.7 Å². The standard InChI is InChI=1S/C10H13ClN2O4S/c1-7-6-8(12-10(14)13(2)17-3)4-5-9(7)18(11,15)16/h4-6H,1-3H3,(H,12,14). The number of anilines is 1. The number of carbonyl (C=O) groups excluding carboxylic acids is 1. The van der Waals surface area contributed by atoms with Gasteiger partial charge in [-0.1, -0.05) is 0 Å². The van der Waals surface area contributed by atoms with Gasteiger partial charge < -0.3 is 5.32 Å². The van der Waals surface area contributed by atoms with Gasteiger partial charge >= 0.3 is 6.03 Å². The van der Waals surface area contributed by atoms with Crippen LogP contribution in [0.15, 0.2) is 23.1 Å². The van der Waals surface area contributed by atoms with Crippen LogP contribution in [0, 0.1) is 6.92 Å². The molecule has 0 unspecified atom stereocenters. The van der Waals surface area contributed by atoms with Crippen molar-refractivity contribution in [2.24, 2.45) is 0 Å². The number of hydrogen-bond acceptors (Lipinski definition) is 4. The molecule has 1 rings (SSSR count). The Kier molecular flexibility index (Phi) is 4.55. The van der Waals surface area contributed by atoms with Crippen LogP contribution in [0.1, 0.15) is 5.56 Å². The summed E-state index contributed by atoms with van der Waals surface area (Å²) in [5.74, 6) is 0. The van der Waals surface area contributed by atoms with Crippen molar-refractivity contribution in [2.75, 3.05) is 19.5 Å². The lowest BCUT2D eigenvalue weighted by atomic mass is 10.2. The first-order chi connectivity index (χ1) is 8.25. The SMILES string of the molecule is CON(C)C(=O)Nc1ccc(S(=O)(=O)Cl)c(C)c1. The largest absolute Gasteiger partial charge is 0.345 e. The maximum absolute atomic E-state index is 11.5. The van der Waals surface area contributed by atoms with Gasteiger partial charge in [-0.05, 0) is 30.7 Å². The number of hydroxylamine groups is 2. The van der Waals surface area contributed by atoms with Crippen LogP contribution < -0.4 is 5.32 Å². The van der Waals surface area contributed by atoms with Gasteiger partial charge in [-0.25, -0.2) is 18.3 Å². The van der Waals surface area contributed by atoms with E-state index >= 15 is 0 Å². The van der Waals surface area contributed by atoms with Gasteiger partial charge in [0, 0.05) is 23.4 Å². The number of nitrogens with zero attached hydrogens (tertiary/aromatic N) is 1. The van der Waals surface area contributed by atoms with E-state index in [-0.39, 0.29) is 4.90 Å². The van der Waals surface area contributed by atoms with Gasteiger partial charge in [0.2, 0.25) is 0 Å². The fourth-order valence-electron chi connectivity index (χ4n) is 1.29. The zero-order valence-corrected chi connectivity index (χ0v) is 11.7. The Bertz CT molecular complexity index is 559. The van der Waals surface area contributed by atoms with Crippen LogP contribution >= 0.6 is 10.7 Å². The average Bonchev–Trinajstić information content (AvgIpc) is 2.26. The highest BCUT2D eigenvalue weighted by Crippen LogP contribution is 2.22. The van der Waals surface area contributed by atoms with Crippen LogP contribution in [0.4, 0.5) is 10.5 Å². The second kappa shape index (κ2) is 5.55. The predicted octanol–water partition coefficient (Wildman–Crippen LogP) is 1.95. The third kappa shape index (κ3) is 3.59. The van der Waals surface area contributed by atoms with Gasteiger partial charge in [-0.3, -0.25) is 4.84 Å². The fraction of sp³-hybridized carbons (Fsp3) is 0.300. The van der Waals surface area contributed by atoms with Crippen LogP contribution in [0.25, 0.3) is 0 Å². The summed E-state index contributed by atoms with van der Waals surface area (Å²) in [4.78, 5) is 16.2. The number of rotatable bonds is 3. The van der Waals surface area contributed by atoms with Crippen molar-refractivity contribution < 1.29 is 18.0 Å². The third-order valence-corrected chi connectivity index (χ3v) is 3.73. The first-order valence-electron chi connectivity index (χ1n) is 4.90. The van der Waals surface area contributed by atoms with E-state index in [1.54, 1.807) is 6.92 Å². The fourth-order valence-corrected chi connectivity index (χ4v) is 2.48. The minimum Gasteiger partial charge on any atom is -0.306 e. The van der Waals surface area contributed by atoms with Crippen molar-refractivity contribution in [3.05, 3.63) is 23.8 Å². The molecule has 1 aromatic rings. The molecule has 0 fully saturated rings. The van der Waals surface area contributed by atoms with Crippen molar-refractivity contribution in [2.45, 2.75) is 11.8 Å². The molecule has 0 heterocycles. The molecule has 0 saturated heterocycles. The number of halogens is 1. The number of hydrogen-bond donors (Lipinski definition) is 1. The molecule has 0 radical (unpaired) electrons. The summed E-state index contributed by atoms with van der Waals surface area (Å²) >= 11 is 0. The summed E-state index contributed by atoms with van der Waals surface area (Å²) < 4.78 is 22.4. The van der Waals surface area contributed by atoms with Crippen molar-refractivity contribution in [3.63, 3.8) is 0 Å². The zero-order valence-electron chi connectivity index (χ0n) is 10.1. The minimum absolute atomic E-state index is 0.0160. The summed E-state index contributed by atoms with van der Waals surface area (Å²) in [6, 6.07) is 3.82. The number of carbonyl (C=O) groups is 1. The molecule has 0 bridgehead atoms. The summed E-state index contributed by atoms with van der Waals surface area (Å²) in [5.41, 5.74) is 0.897. The van der Waals surface area contributed by atoms with Gasteiger partial charge in [0.25, 0.3) is 9.05 Å². The summed E-state index contributed by atoms with van der Waals surface area (Å²) in [7, 11) is 4.28. The van der Waals surface area contributed by atoms with E-state index in [0.29, 0.717) is 11.3 Å². The number of urea groups is 1. The Balaban J connectivity index is 2.96. The van der Waals surface area contributed by atoms with E-state index in [0.717, 1.165) is 5.06 Å². The molecular formula is C10H13ClN2O4S. The lowest BCUT2D eigenvalue weighted by Gasteiger charge is -2.15. The Labute approximate surface area is 110 Å². The Hall–Kier alpha value is -1.31. The topological polar surface area (TPSA) is 75.7 Å². The third-order valence-electron chi connectivity index (χ3n) is 2.25. The van der Waals surface area contributed by atoms with Crippen LogP contribution in [-0.2, 0) is 13.9 Å².